The molecule has 0 unspecified atom stereocenters. The average Bonchev–Trinajstić information content (AvgIpc) is 2.41. The van der Waals surface area contributed by atoms with Crippen molar-refractivity contribution in [3.8, 4) is 0 Å². The van der Waals surface area contributed by atoms with Gasteiger partial charge < -0.3 is 0 Å². The standard InChI is InChI=1S/C14H10.H2O2/c1-3-7-13-11(5-1)9-10-12-6-2-4-8-14(12)13;1-2/h1-10H;1-2H. The fourth-order valence-corrected chi connectivity index (χ4v) is 1.95. The van der Waals surface area contributed by atoms with E-state index in [0.29, 0.717) is 0 Å². The summed E-state index contributed by atoms with van der Waals surface area (Å²) in [5.41, 5.74) is 0. The van der Waals surface area contributed by atoms with E-state index in [1.165, 1.54) is 21.5 Å². The van der Waals surface area contributed by atoms with E-state index in [9.17, 15) is 0 Å². The Morgan fingerprint density at radius 3 is 1.31 bits per heavy atom. The summed E-state index contributed by atoms with van der Waals surface area (Å²) < 4.78 is 0. The summed E-state index contributed by atoms with van der Waals surface area (Å²) in [6.45, 7) is 0. The molecule has 3 rings (SSSR count). The molecule has 0 aliphatic rings. The SMILES string of the molecule is OO.c1ccc2c(c1)ccc1ccccc12. The molecule has 0 aliphatic carbocycles. The quantitative estimate of drug-likeness (QED) is 0.336. The van der Waals surface area contributed by atoms with Crippen molar-refractivity contribution < 1.29 is 10.5 Å². The van der Waals surface area contributed by atoms with Crippen LogP contribution in [0.1, 0.15) is 0 Å². The van der Waals surface area contributed by atoms with Crippen LogP contribution in [0.5, 0.6) is 0 Å². The van der Waals surface area contributed by atoms with Gasteiger partial charge in [0, 0.05) is 0 Å². The second kappa shape index (κ2) is 4.75. The van der Waals surface area contributed by atoms with Gasteiger partial charge in [-0.15, -0.1) is 0 Å². The van der Waals surface area contributed by atoms with Gasteiger partial charge in [-0.1, -0.05) is 60.7 Å². The largest absolute Gasteiger partial charge is 0.255 e. The Kier molecular flexibility index (Phi) is 3.15. The normalized spacial score (nSPS) is 9.88. The van der Waals surface area contributed by atoms with E-state index in [0.717, 1.165) is 0 Å². The van der Waals surface area contributed by atoms with Gasteiger partial charge in [-0.05, 0) is 21.5 Å². The number of hydrogen-bond donors (Lipinski definition) is 2. The van der Waals surface area contributed by atoms with Gasteiger partial charge in [-0.3, -0.25) is 10.5 Å². The second-order valence-corrected chi connectivity index (χ2v) is 3.51. The smallest absolute Gasteiger partial charge is 0.0105 e. The lowest BCUT2D eigenvalue weighted by molar-refractivity contribution is -0.176. The molecule has 0 radical (unpaired) electrons. The highest BCUT2D eigenvalue weighted by Gasteiger charge is 1.97. The molecule has 80 valence electrons. The molecule has 3 aromatic rings. The number of fused-ring (bicyclic) bond motifs is 3. The molecule has 2 N–H and O–H groups in total. The number of hydrogen-bond acceptors (Lipinski definition) is 2. The van der Waals surface area contributed by atoms with Crippen molar-refractivity contribution in [3.05, 3.63) is 60.7 Å². The van der Waals surface area contributed by atoms with Crippen molar-refractivity contribution in [2.24, 2.45) is 0 Å². The van der Waals surface area contributed by atoms with Crippen molar-refractivity contribution in [1.29, 1.82) is 0 Å². The van der Waals surface area contributed by atoms with Crippen LogP contribution in [-0.4, -0.2) is 10.5 Å². The Morgan fingerprint density at radius 1 is 0.500 bits per heavy atom. The molecule has 3 aromatic carbocycles. The first-order valence-electron chi connectivity index (χ1n) is 5.02. The predicted molar refractivity (Wildman–Crippen MR) is 66.7 cm³/mol. The van der Waals surface area contributed by atoms with Crippen molar-refractivity contribution >= 4 is 21.5 Å². The Bertz CT molecular complexity index is 548. The molecule has 0 aliphatic heterocycles. The Balaban J connectivity index is 0.000000457. The second-order valence-electron chi connectivity index (χ2n) is 3.51. The molecule has 0 spiro atoms. The van der Waals surface area contributed by atoms with Crippen LogP contribution in [0.4, 0.5) is 0 Å². The Hall–Kier alpha value is -1.90. The Morgan fingerprint density at radius 2 is 0.875 bits per heavy atom. The van der Waals surface area contributed by atoms with E-state index >= 15 is 0 Å². The summed E-state index contributed by atoms with van der Waals surface area (Å²) in [7, 11) is 0. The summed E-state index contributed by atoms with van der Waals surface area (Å²) in [4.78, 5) is 0. The predicted octanol–water partition coefficient (Wildman–Crippen LogP) is 4.01. The molecule has 0 amide bonds. The maximum Gasteiger partial charge on any atom is -0.0105 e. The van der Waals surface area contributed by atoms with Gasteiger partial charge >= 0.3 is 0 Å². The van der Waals surface area contributed by atoms with E-state index in [4.69, 9.17) is 10.5 Å². The first-order valence-corrected chi connectivity index (χ1v) is 5.02. The third kappa shape index (κ3) is 1.76. The fraction of sp³-hybridized carbons (Fsp3) is 0. The van der Waals surface area contributed by atoms with Crippen molar-refractivity contribution in [2.75, 3.05) is 0 Å². The minimum atomic E-state index is 1.31. The molecule has 0 saturated heterocycles. The van der Waals surface area contributed by atoms with Crippen LogP contribution in [0, 0.1) is 0 Å². The van der Waals surface area contributed by atoms with Gasteiger partial charge in [-0.2, -0.15) is 0 Å². The van der Waals surface area contributed by atoms with E-state index in [-0.39, 0.29) is 0 Å². The topological polar surface area (TPSA) is 40.5 Å². The van der Waals surface area contributed by atoms with E-state index in [1.807, 2.05) is 0 Å². The molecule has 16 heavy (non-hydrogen) atoms. The fourth-order valence-electron chi connectivity index (χ4n) is 1.95. The van der Waals surface area contributed by atoms with Crippen LogP contribution in [0.15, 0.2) is 60.7 Å². The van der Waals surface area contributed by atoms with Crippen LogP contribution in [-0.2, 0) is 0 Å². The van der Waals surface area contributed by atoms with Gasteiger partial charge in [0.05, 0.1) is 0 Å². The zero-order valence-corrected chi connectivity index (χ0v) is 8.67. The third-order valence-corrected chi connectivity index (χ3v) is 2.65. The zero-order chi connectivity index (χ0) is 11.4. The van der Waals surface area contributed by atoms with E-state index < -0.39 is 0 Å². The molecule has 0 atom stereocenters. The highest BCUT2D eigenvalue weighted by atomic mass is 17.0. The monoisotopic (exact) mass is 212 g/mol. The lowest BCUT2D eigenvalue weighted by Gasteiger charge is -2.02. The van der Waals surface area contributed by atoms with Gasteiger partial charge in [0.15, 0.2) is 0 Å². The maximum atomic E-state index is 6.00. The molecule has 0 aromatic heterocycles. The molecule has 2 heteroatoms. The lowest BCUT2D eigenvalue weighted by atomic mass is 10.0. The minimum Gasteiger partial charge on any atom is -0.255 e. The minimum absolute atomic E-state index is 1.31. The van der Waals surface area contributed by atoms with E-state index in [1.54, 1.807) is 0 Å². The molecular formula is C14H12O2. The van der Waals surface area contributed by atoms with Crippen molar-refractivity contribution in [1.82, 2.24) is 0 Å². The molecular weight excluding hydrogens is 200 g/mol. The lowest BCUT2D eigenvalue weighted by Crippen LogP contribution is -1.75. The highest BCUT2D eigenvalue weighted by molar-refractivity contribution is 6.07. The van der Waals surface area contributed by atoms with Crippen molar-refractivity contribution in [3.63, 3.8) is 0 Å². The molecule has 0 saturated carbocycles. The third-order valence-electron chi connectivity index (χ3n) is 2.65. The van der Waals surface area contributed by atoms with Crippen LogP contribution in [0.3, 0.4) is 0 Å². The zero-order valence-electron chi connectivity index (χ0n) is 8.67. The van der Waals surface area contributed by atoms with E-state index in [2.05, 4.69) is 60.7 Å². The summed E-state index contributed by atoms with van der Waals surface area (Å²) in [6.07, 6.45) is 0. The molecule has 0 heterocycles. The Labute approximate surface area is 93.3 Å². The van der Waals surface area contributed by atoms with Gasteiger partial charge in [-0.25, -0.2) is 0 Å². The average molecular weight is 212 g/mol. The highest BCUT2D eigenvalue weighted by Crippen LogP contribution is 2.24. The first-order chi connectivity index (χ1) is 7.95. The van der Waals surface area contributed by atoms with Crippen LogP contribution < -0.4 is 0 Å². The maximum absolute atomic E-state index is 6.00. The number of rotatable bonds is 0. The van der Waals surface area contributed by atoms with Crippen molar-refractivity contribution in [2.45, 2.75) is 0 Å². The molecule has 2 nitrogen and oxygen atoms in total. The van der Waals surface area contributed by atoms with Crippen LogP contribution in [0.2, 0.25) is 0 Å². The molecule has 0 fully saturated rings. The van der Waals surface area contributed by atoms with Gasteiger partial charge in [0.1, 0.15) is 0 Å². The summed E-state index contributed by atoms with van der Waals surface area (Å²) in [5, 5.41) is 17.3. The summed E-state index contributed by atoms with van der Waals surface area (Å²) in [6, 6.07) is 21.4. The molecule has 0 bridgehead atoms. The van der Waals surface area contributed by atoms with Gasteiger partial charge in [0.25, 0.3) is 0 Å². The first kappa shape index (κ1) is 10.6. The van der Waals surface area contributed by atoms with Gasteiger partial charge in [0.2, 0.25) is 0 Å². The van der Waals surface area contributed by atoms with Crippen LogP contribution in [0.25, 0.3) is 21.5 Å². The summed E-state index contributed by atoms with van der Waals surface area (Å²) >= 11 is 0. The summed E-state index contributed by atoms with van der Waals surface area (Å²) in [5.74, 6) is 0. The van der Waals surface area contributed by atoms with Crippen LogP contribution >= 0.6 is 0 Å². The number of benzene rings is 3.